The number of para-hydroxylation sites is 1. The maximum Gasteiger partial charge on any atom is 0.250 e. The van der Waals surface area contributed by atoms with E-state index in [0.29, 0.717) is 11.1 Å². The third kappa shape index (κ3) is 2.31. The second-order valence-electron chi connectivity index (χ2n) is 6.13. The summed E-state index contributed by atoms with van der Waals surface area (Å²) in [7, 11) is 0. The zero-order chi connectivity index (χ0) is 15.2. The van der Waals surface area contributed by atoms with E-state index in [9.17, 15) is 4.79 Å². The minimum atomic E-state index is -0.467. The predicted octanol–water partition coefficient (Wildman–Crippen LogP) is 2.89. The van der Waals surface area contributed by atoms with E-state index >= 15 is 0 Å². The number of nitrogens with one attached hydrogen (secondary N) is 1. The van der Waals surface area contributed by atoms with Gasteiger partial charge in [-0.05, 0) is 39.0 Å². The number of imidazole rings is 1. The molecule has 0 aliphatic heterocycles. The summed E-state index contributed by atoms with van der Waals surface area (Å²) in [5, 5.41) is 0. The summed E-state index contributed by atoms with van der Waals surface area (Å²) in [6, 6.07) is 7.38. The second kappa shape index (κ2) is 4.48. The van der Waals surface area contributed by atoms with E-state index in [-0.39, 0.29) is 5.54 Å². The molecule has 0 saturated carbocycles. The Morgan fingerprint density at radius 2 is 2.05 bits per heavy atom. The molecule has 2 heterocycles. The highest BCUT2D eigenvalue weighted by atomic mass is 16.1. The maximum absolute atomic E-state index is 11.5. The second-order valence-corrected chi connectivity index (χ2v) is 6.13. The van der Waals surface area contributed by atoms with Crippen molar-refractivity contribution in [2.24, 2.45) is 5.73 Å². The standard InChI is InChI=1S/C16H18N4O/c1-16(2,3)20-8-7-10(9-20)15-18-12-6-4-5-11(14(17)21)13(12)19-15/h4-9H,1-3H3,(H2,17,21)(H,18,19). The van der Waals surface area contributed by atoms with Crippen LogP contribution in [0.2, 0.25) is 0 Å². The first kappa shape index (κ1) is 13.4. The monoisotopic (exact) mass is 282 g/mol. The molecule has 0 bridgehead atoms. The largest absolute Gasteiger partial charge is 0.366 e. The summed E-state index contributed by atoms with van der Waals surface area (Å²) in [5.41, 5.74) is 8.25. The smallest absolute Gasteiger partial charge is 0.250 e. The Morgan fingerprint density at radius 1 is 1.29 bits per heavy atom. The summed E-state index contributed by atoms with van der Waals surface area (Å²) in [6.45, 7) is 6.42. The summed E-state index contributed by atoms with van der Waals surface area (Å²) in [6.07, 6.45) is 4.07. The maximum atomic E-state index is 11.5. The third-order valence-electron chi connectivity index (χ3n) is 3.52. The number of nitrogens with two attached hydrogens (primary N) is 1. The molecule has 5 nitrogen and oxygen atoms in total. The first-order chi connectivity index (χ1) is 9.86. The van der Waals surface area contributed by atoms with Crippen molar-refractivity contribution in [2.45, 2.75) is 26.3 Å². The van der Waals surface area contributed by atoms with Crippen LogP contribution in [-0.4, -0.2) is 20.4 Å². The molecular weight excluding hydrogens is 264 g/mol. The van der Waals surface area contributed by atoms with Gasteiger partial charge in [0, 0.05) is 23.5 Å². The van der Waals surface area contributed by atoms with Gasteiger partial charge in [0.15, 0.2) is 0 Å². The van der Waals surface area contributed by atoms with Gasteiger partial charge in [0.1, 0.15) is 11.3 Å². The van der Waals surface area contributed by atoms with Gasteiger partial charge in [-0.1, -0.05) is 6.07 Å². The molecule has 1 aromatic carbocycles. The van der Waals surface area contributed by atoms with Crippen LogP contribution < -0.4 is 5.73 Å². The zero-order valence-electron chi connectivity index (χ0n) is 12.3. The number of aromatic nitrogens is 3. The van der Waals surface area contributed by atoms with Gasteiger partial charge >= 0.3 is 0 Å². The highest BCUT2D eigenvalue weighted by molar-refractivity contribution is 6.04. The molecule has 5 heteroatoms. The van der Waals surface area contributed by atoms with E-state index in [4.69, 9.17) is 5.73 Å². The van der Waals surface area contributed by atoms with E-state index in [1.54, 1.807) is 12.1 Å². The van der Waals surface area contributed by atoms with E-state index in [0.717, 1.165) is 16.9 Å². The average Bonchev–Trinajstić information content (AvgIpc) is 3.03. The number of hydrogen-bond acceptors (Lipinski definition) is 2. The van der Waals surface area contributed by atoms with Crippen LogP contribution >= 0.6 is 0 Å². The Morgan fingerprint density at radius 3 is 2.67 bits per heavy atom. The summed E-state index contributed by atoms with van der Waals surface area (Å²) in [5.74, 6) is 0.271. The van der Waals surface area contributed by atoms with Gasteiger partial charge in [-0.2, -0.15) is 0 Å². The van der Waals surface area contributed by atoms with Crippen molar-refractivity contribution >= 4 is 16.9 Å². The van der Waals surface area contributed by atoms with Gasteiger partial charge in [-0.3, -0.25) is 4.79 Å². The fraction of sp³-hybridized carbons (Fsp3) is 0.250. The Kier molecular flexibility index (Phi) is 2.86. The van der Waals surface area contributed by atoms with Gasteiger partial charge < -0.3 is 15.3 Å². The molecule has 108 valence electrons. The van der Waals surface area contributed by atoms with E-state index in [1.165, 1.54) is 0 Å². The van der Waals surface area contributed by atoms with Crippen molar-refractivity contribution in [2.75, 3.05) is 0 Å². The first-order valence-electron chi connectivity index (χ1n) is 6.83. The van der Waals surface area contributed by atoms with Gasteiger partial charge in [0.05, 0.1) is 11.1 Å². The number of fused-ring (bicyclic) bond motifs is 1. The molecule has 3 rings (SSSR count). The lowest BCUT2D eigenvalue weighted by Crippen LogP contribution is -2.19. The van der Waals surface area contributed by atoms with Gasteiger partial charge in [-0.25, -0.2) is 4.98 Å². The van der Waals surface area contributed by atoms with Crippen LogP contribution in [0.1, 0.15) is 31.1 Å². The number of primary amides is 1. The van der Waals surface area contributed by atoms with Gasteiger partial charge in [0.25, 0.3) is 5.91 Å². The van der Waals surface area contributed by atoms with Crippen LogP contribution in [-0.2, 0) is 5.54 Å². The number of benzene rings is 1. The van der Waals surface area contributed by atoms with Crippen molar-refractivity contribution in [3.05, 3.63) is 42.2 Å². The van der Waals surface area contributed by atoms with Gasteiger partial charge in [-0.15, -0.1) is 0 Å². The number of aromatic amines is 1. The summed E-state index contributed by atoms with van der Waals surface area (Å²) >= 11 is 0. The fourth-order valence-electron chi connectivity index (χ4n) is 2.32. The van der Waals surface area contributed by atoms with Crippen LogP contribution in [0, 0.1) is 0 Å². The fourth-order valence-corrected chi connectivity index (χ4v) is 2.32. The molecule has 0 aliphatic carbocycles. The Balaban J connectivity index is 2.12. The molecular formula is C16H18N4O. The highest BCUT2D eigenvalue weighted by Crippen LogP contribution is 2.25. The van der Waals surface area contributed by atoms with E-state index in [2.05, 4.69) is 35.3 Å². The number of amides is 1. The van der Waals surface area contributed by atoms with Crippen molar-refractivity contribution in [1.29, 1.82) is 0 Å². The summed E-state index contributed by atoms with van der Waals surface area (Å²) < 4.78 is 2.13. The quantitative estimate of drug-likeness (QED) is 0.758. The third-order valence-corrected chi connectivity index (χ3v) is 3.52. The molecule has 0 saturated heterocycles. The number of carbonyl (C=O) groups excluding carboxylic acids is 1. The molecule has 2 aromatic heterocycles. The van der Waals surface area contributed by atoms with Crippen LogP contribution in [0.4, 0.5) is 0 Å². The van der Waals surface area contributed by atoms with E-state index in [1.807, 2.05) is 24.5 Å². The molecule has 0 atom stereocenters. The summed E-state index contributed by atoms with van der Waals surface area (Å²) in [4.78, 5) is 19.2. The number of H-pyrrole nitrogens is 1. The molecule has 0 aliphatic rings. The first-order valence-corrected chi connectivity index (χ1v) is 6.83. The van der Waals surface area contributed by atoms with Crippen molar-refractivity contribution in [3.63, 3.8) is 0 Å². The Bertz CT molecular complexity index is 820. The normalized spacial score (nSPS) is 12.0. The Labute approximate surface area is 122 Å². The minimum Gasteiger partial charge on any atom is -0.366 e. The van der Waals surface area contributed by atoms with Crippen LogP contribution in [0.15, 0.2) is 36.7 Å². The molecule has 3 aromatic rings. The van der Waals surface area contributed by atoms with Gasteiger partial charge in [0.2, 0.25) is 0 Å². The van der Waals surface area contributed by atoms with Crippen molar-refractivity contribution in [1.82, 2.24) is 14.5 Å². The van der Waals surface area contributed by atoms with Crippen molar-refractivity contribution in [3.8, 4) is 11.4 Å². The number of nitrogens with zero attached hydrogens (tertiary/aromatic N) is 2. The lowest BCUT2D eigenvalue weighted by Gasteiger charge is -2.20. The lowest BCUT2D eigenvalue weighted by molar-refractivity contribution is 0.100. The molecule has 21 heavy (non-hydrogen) atoms. The lowest BCUT2D eigenvalue weighted by atomic mass is 10.1. The van der Waals surface area contributed by atoms with E-state index < -0.39 is 5.91 Å². The highest BCUT2D eigenvalue weighted by Gasteiger charge is 2.16. The number of hydrogen-bond donors (Lipinski definition) is 2. The topological polar surface area (TPSA) is 76.7 Å². The molecule has 0 unspecified atom stereocenters. The average molecular weight is 282 g/mol. The minimum absolute atomic E-state index is 0.0165. The zero-order valence-corrected chi connectivity index (χ0v) is 12.3. The molecule has 1 amide bonds. The van der Waals surface area contributed by atoms with Crippen LogP contribution in [0.3, 0.4) is 0 Å². The number of carbonyl (C=O) groups is 1. The Hall–Kier alpha value is -2.56. The van der Waals surface area contributed by atoms with Crippen LogP contribution in [0.25, 0.3) is 22.4 Å². The van der Waals surface area contributed by atoms with Crippen LogP contribution in [0.5, 0.6) is 0 Å². The molecule has 3 N–H and O–H groups in total. The van der Waals surface area contributed by atoms with Crippen molar-refractivity contribution < 1.29 is 4.79 Å². The SMILES string of the molecule is CC(C)(C)n1ccc(-c2nc3c(C(N)=O)cccc3[nH]2)c1. The molecule has 0 spiro atoms. The predicted molar refractivity (Wildman–Crippen MR) is 83.0 cm³/mol. The molecule has 0 radical (unpaired) electrons. The molecule has 0 fully saturated rings. The number of rotatable bonds is 2.